The van der Waals surface area contributed by atoms with E-state index in [-0.39, 0.29) is 4.88 Å². The van der Waals surface area contributed by atoms with Gasteiger partial charge in [-0.05, 0) is 34.5 Å². The Morgan fingerprint density at radius 1 is 1.41 bits per heavy atom. The van der Waals surface area contributed by atoms with Crippen LogP contribution >= 0.6 is 27.3 Å². The number of H-pyrrole nitrogens is 1. The van der Waals surface area contributed by atoms with Gasteiger partial charge in [0.2, 0.25) is 0 Å². The lowest BCUT2D eigenvalue weighted by Crippen LogP contribution is -1.94. The molecule has 0 atom stereocenters. The van der Waals surface area contributed by atoms with Gasteiger partial charge in [-0.3, -0.25) is 0 Å². The molecule has 0 unspecified atom stereocenters. The molecule has 3 aromatic rings. The largest absolute Gasteiger partial charge is 0.483 e. The maximum absolute atomic E-state index is 11.6. The Kier molecular flexibility index (Phi) is 4.22. The number of carboxylic acid groups (broad SMARTS) is 1. The molecule has 22 heavy (non-hydrogen) atoms. The molecule has 0 saturated carbocycles. The fraction of sp³-hybridized carbons (Fsp3) is 0.188. The smallest absolute Gasteiger partial charge is 0.346 e. The van der Waals surface area contributed by atoms with E-state index in [0.29, 0.717) is 21.7 Å². The molecule has 0 bridgehead atoms. The van der Waals surface area contributed by atoms with Crippen LogP contribution in [0.15, 0.2) is 34.8 Å². The molecule has 114 valence electrons. The second kappa shape index (κ2) is 6.14. The van der Waals surface area contributed by atoms with Crippen molar-refractivity contribution >= 4 is 44.1 Å². The highest BCUT2D eigenvalue weighted by Crippen LogP contribution is 2.45. The van der Waals surface area contributed by atoms with Crippen molar-refractivity contribution in [2.45, 2.75) is 13.3 Å². The molecular weight excluding hydrogens is 366 g/mol. The third kappa shape index (κ3) is 2.64. The van der Waals surface area contributed by atoms with Gasteiger partial charge in [0, 0.05) is 22.2 Å². The number of para-hydroxylation sites is 1. The Labute approximate surface area is 139 Å². The monoisotopic (exact) mass is 379 g/mol. The molecule has 0 fully saturated rings. The predicted molar refractivity (Wildman–Crippen MR) is 92.1 cm³/mol. The van der Waals surface area contributed by atoms with Crippen molar-refractivity contribution in [2.75, 3.05) is 6.61 Å². The van der Waals surface area contributed by atoms with Gasteiger partial charge in [-0.15, -0.1) is 0 Å². The molecule has 0 radical (unpaired) electrons. The molecule has 0 aliphatic heterocycles. The quantitative estimate of drug-likeness (QED) is 0.644. The number of carbonyl (C=O) groups is 1. The Hall–Kier alpha value is -1.79. The molecule has 1 aromatic carbocycles. The third-order valence-electron chi connectivity index (χ3n) is 3.25. The van der Waals surface area contributed by atoms with Crippen molar-refractivity contribution in [3.63, 3.8) is 0 Å². The van der Waals surface area contributed by atoms with Gasteiger partial charge in [0.15, 0.2) is 5.06 Å². The highest BCUT2D eigenvalue weighted by Gasteiger charge is 2.24. The molecule has 0 spiro atoms. The highest BCUT2D eigenvalue weighted by atomic mass is 79.9. The molecular formula is C16H14BrNO3S. The summed E-state index contributed by atoms with van der Waals surface area (Å²) < 4.78 is 6.34. The molecule has 0 aliphatic rings. The summed E-state index contributed by atoms with van der Waals surface area (Å²) in [5.41, 5.74) is 2.39. The number of carboxylic acids is 1. The van der Waals surface area contributed by atoms with Crippen LogP contribution in [0.4, 0.5) is 0 Å². The SMILES string of the molecule is CCCOc1sc(C(=O)O)c(-c2cc3ccccc3[nH]2)c1Br. The standard InChI is InChI=1S/C16H14BrNO3S/c1-2-7-21-16-13(17)12(14(22-16)15(19)20)11-8-9-5-3-4-6-10(9)18-11/h3-6,8,18H,2,7H2,1H3,(H,19,20). The topological polar surface area (TPSA) is 62.3 Å². The van der Waals surface area contributed by atoms with E-state index in [0.717, 1.165) is 34.4 Å². The fourth-order valence-corrected chi connectivity index (χ4v) is 4.10. The van der Waals surface area contributed by atoms with Crippen LogP contribution in [0.1, 0.15) is 23.0 Å². The lowest BCUT2D eigenvalue weighted by Gasteiger charge is -2.02. The number of nitrogens with one attached hydrogen (secondary N) is 1. The van der Waals surface area contributed by atoms with Gasteiger partial charge < -0.3 is 14.8 Å². The number of rotatable bonds is 5. The van der Waals surface area contributed by atoms with E-state index >= 15 is 0 Å². The highest BCUT2D eigenvalue weighted by molar-refractivity contribution is 9.10. The first-order valence-electron chi connectivity index (χ1n) is 6.88. The summed E-state index contributed by atoms with van der Waals surface area (Å²) in [7, 11) is 0. The second-order valence-electron chi connectivity index (χ2n) is 4.83. The number of hydrogen-bond acceptors (Lipinski definition) is 3. The van der Waals surface area contributed by atoms with Gasteiger partial charge in [0.25, 0.3) is 0 Å². The molecule has 6 heteroatoms. The second-order valence-corrected chi connectivity index (χ2v) is 6.61. The Morgan fingerprint density at radius 2 is 2.18 bits per heavy atom. The van der Waals surface area contributed by atoms with E-state index in [1.807, 2.05) is 37.3 Å². The van der Waals surface area contributed by atoms with Crippen LogP contribution in [0.2, 0.25) is 0 Å². The number of hydrogen-bond donors (Lipinski definition) is 2. The van der Waals surface area contributed by atoms with E-state index in [4.69, 9.17) is 4.74 Å². The normalized spacial score (nSPS) is 11.0. The third-order valence-corrected chi connectivity index (χ3v) is 5.36. The molecule has 2 aromatic heterocycles. The Balaban J connectivity index is 2.15. The molecule has 0 saturated heterocycles. The van der Waals surface area contributed by atoms with Crippen LogP contribution in [0.3, 0.4) is 0 Å². The maximum Gasteiger partial charge on any atom is 0.346 e. The fourth-order valence-electron chi connectivity index (χ4n) is 2.28. The van der Waals surface area contributed by atoms with E-state index in [1.165, 1.54) is 0 Å². The molecule has 2 N–H and O–H groups in total. The summed E-state index contributed by atoms with van der Waals surface area (Å²) in [4.78, 5) is 15.1. The average molecular weight is 380 g/mol. The van der Waals surface area contributed by atoms with Gasteiger partial charge in [-0.2, -0.15) is 0 Å². The molecule has 2 heterocycles. The van der Waals surface area contributed by atoms with Crippen LogP contribution in [0.25, 0.3) is 22.2 Å². The first-order valence-corrected chi connectivity index (χ1v) is 8.49. The summed E-state index contributed by atoms with van der Waals surface area (Å²) >= 11 is 4.65. The molecule has 4 nitrogen and oxygen atoms in total. The maximum atomic E-state index is 11.6. The number of fused-ring (bicyclic) bond motifs is 1. The number of benzene rings is 1. The summed E-state index contributed by atoms with van der Waals surface area (Å²) in [6, 6.07) is 9.81. The van der Waals surface area contributed by atoms with Crippen molar-refractivity contribution in [1.29, 1.82) is 0 Å². The minimum absolute atomic E-state index is 0.268. The number of aromatic nitrogens is 1. The Bertz CT molecular complexity index is 804. The Morgan fingerprint density at radius 3 is 2.86 bits per heavy atom. The number of aromatic carboxylic acids is 1. The van der Waals surface area contributed by atoms with E-state index < -0.39 is 5.97 Å². The zero-order valence-corrected chi connectivity index (χ0v) is 14.3. The number of halogens is 1. The van der Waals surface area contributed by atoms with Crippen molar-refractivity contribution in [2.24, 2.45) is 0 Å². The zero-order chi connectivity index (χ0) is 15.7. The summed E-state index contributed by atoms with van der Waals surface area (Å²) in [5, 5.41) is 11.1. The van der Waals surface area contributed by atoms with Crippen molar-refractivity contribution in [1.82, 2.24) is 4.98 Å². The van der Waals surface area contributed by atoms with E-state index in [1.54, 1.807) is 0 Å². The van der Waals surface area contributed by atoms with Gasteiger partial charge in [0.05, 0.1) is 11.1 Å². The van der Waals surface area contributed by atoms with Crippen LogP contribution < -0.4 is 4.74 Å². The first-order chi connectivity index (χ1) is 10.6. The minimum Gasteiger partial charge on any atom is -0.483 e. The molecule has 0 amide bonds. The van der Waals surface area contributed by atoms with E-state index in [2.05, 4.69) is 20.9 Å². The molecule has 3 rings (SSSR count). The van der Waals surface area contributed by atoms with Gasteiger partial charge in [0.1, 0.15) is 4.88 Å². The minimum atomic E-state index is -0.953. The van der Waals surface area contributed by atoms with Crippen LogP contribution in [-0.4, -0.2) is 22.7 Å². The van der Waals surface area contributed by atoms with Gasteiger partial charge in [-0.25, -0.2) is 4.79 Å². The van der Waals surface area contributed by atoms with Crippen LogP contribution in [0.5, 0.6) is 5.06 Å². The van der Waals surface area contributed by atoms with Gasteiger partial charge in [-0.1, -0.05) is 36.5 Å². The summed E-state index contributed by atoms with van der Waals surface area (Å²) in [5.74, 6) is -0.953. The lowest BCUT2D eigenvalue weighted by molar-refractivity contribution is 0.0703. The number of ether oxygens (including phenoxy) is 1. The predicted octanol–water partition coefficient (Wildman–Crippen LogP) is 5.15. The number of aromatic amines is 1. The average Bonchev–Trinajstić information content (AvgIpc) is 3.05. The zero-order valence-electron chi connectivity index (χ0n) is 11.9. The molecule has 0 aliphatic carbocycles. The van der Waals surface area contributed by atoms with Crippen molar-refractivity contribution in [3.05, 3.63) is 39.7 Å². The first kappa shape index (κ1) is 15.1. The van der Waals surface area contributed by atoms with Crippen LogP contribution in [-0.2, 0) is 0 Å². The van der Waals surface area contributed by atoms with Gasteiger partial charge >= 0.3 is 5.97 Å². The van der Waals surface area contributed by atoms with Crippen molar-refractivity contribution < 1.29 is 14.6 Å². The number of thiophene rings is 1. The summed E-state index contributed by atoms with van der Waals surface area (Å²) in [6.45, 7) is 2.57. The lowest BCUT2D eigenvalue weighted by atomic mass is 10.2. The van der Waals surface area contributed by atoms with Crippen molar-refractivity contribution in [3.8, 4) is 16.3 Å². The van der Waals surface area contributed by atoms with Crippen LogP contribution in [0, 0.1) is 0 Å². The summed E-state index contributed by atoms with van der Waals surface area (Å²) in [6.07, 6.45) is 0.870. The van der Waals surface area contributed by atoms with E-state index in [9.17, 15) is 9.90 Å².